The van der Waals surface area contributed by atoms with Gasteiger partial charge in [0.2, 0.25) is 5.78 Å². The molecule has 0 heterocycles. The standard InChI is InChI=1S/C31H30N4O9/c1-29-11-17-15(16-10-14(12-36)6-9-19(16)44-5)7-8-18(33-42)20(17)24(37)22(29)27(39)31(41)26(38)21(28(32)40)23(34-43)25(35(3)4)30(31,2)13-29/h6-10,12,25,39,41H,11,13H2,1-5H3,(H2,32,40)/t25-,29+,30+,31-/m1/s1. The number of nitrogens with two attached hydrogens (primary N) is 1. The smallest absolute Gasteiger partial charge is 0.254 e. The Morgan fingerprint density at radius 3 is 2.34 bits per heavy atom. The van der Waals surface area contributed by atoms with Gasteiger partial charge in [0.15, 0.2) is 11.4 Å². The van der Waals surface area contributed by atoms with E-state index in [1.165, 1.54) is 25.0 Å². The Hall–Kier alpha value is -4.88. The summed E-state index contributed by atoms with van der Waals surface area (Å²) >= 11 is 0. The van der Waals surface area contributed by atoms with Crippen LogP contribution in [0, 0.1) is 20.6 Å². The number of allylic oxidation sites excluding steroid dienone is 1. The lowest BCUT2D eigenvalue weighted by Gasteiger charge is -2.59. The summed E-state index contributed by atoms with van der Waals surface area (Å²) in [6, 6.07) is 6.43. The molecule has 228 valence electrons. The number of Topliss-reactive ketones (excluding diaryl/α,β-unsaturated/α-hetero) is 2. The lowest BCUT2D eigenvalue weighted by atomic mass is 9.46. The van der Waals surface area contributed by atoms with Crippen molar-refractivity contribution in [3.63, 3.8) is 0 Å². The fourth-order valence-electron chi connectivity index (χ4n) is 7.77. The maximum absolute atomic E-state index is 14.4. The van der Waals surface area contributed by atoms with Crippen molar-refractivity contribution in [2.45, 2.75) is 38.3 Å². The number of fused-ring (bicyclic) bond motifs is 3. The monoisotopic (exact) mass is 602 g/mol. The number of hydrogen-bond acceptors (Lipinski definition) is 12. The molecule has 4 atom stereocenters. The second-order valence-electron chi connectivity index (χ2n) is 12.2. The lowest BCUT2D eigenvalue weighted by molar-refractivity contribution is -0.166. The van der Waals surface area contributed by atoms with Crippen molar-refractivity contribution in [3.8, 4) is 16.9 Å². The topological polar surface area (TPSA) is 206 Å². The van der Waals surface area contributed by atoms with Gasteiger partial charge in [-0.05, 0) is 72.7 Å². The van der Waals surface area contributed by atoms with Crippen LogP contribution in [0.4, 0.5) is 5.69 Å². The Morgan fingerprint density at radius 1 is 1.11 bits per heavy atom. The number of likely N-dealkylation sites (N-methyl/N-ethyl adjacent to an activating group) is 1. The molecule has 0 fully saturated rings. The summed E-state index contributed by atoms with van der Waals surface area (Å²) in [5.74, 6) is -4.17. The number of methoxy groups -OCH3 is 1. The van der Waals surface area contributed by atoms with Crippen molar-refractivity contribution in [2.24, 2.45) is 26.9 Å². The number of nitrogens with zero attached hydrogens (tertiary/aromatic N) is 3. The Balaban J connectivity index is 1.86. The summed E-state index contributed by atoms with van der Waals surface area (Å²) in [5, 5.41) is 30.0. The van der Waals surface area contributed by atoms with Crippen LogP contribution >= 0.6 is 0 Å². The highest BCUT2D eigenvalue weighted by Crippen LogP contribution is 2.63. The minimum atomic E-state index is -2.86. The van der Waals surface area contributed by atoms with Crippen molar-refractivity contribution in [1.29, 1.82) is 0 Å². The molecule has 0 saturated carbocycles. The molecule has 1 amide bonds. The third-order valence-corrected chi connectivity index (χ3v) is 9.36. The Bertz CT molecular complexity index is 1780. The highest BCUT2D eigenvalue weighted by molar-refractivity contribution is 6.25. The molecule has 3 aliphatic rings. The number of nitroso groups, excluding NO2 is 2. The first-order valence-electron chi connectivity index (χ1n) is 13.6. The number of carbonyl (C=O) groups excluding carboxylic acids is 4. The number of ether oxygens (including phenoxy) is 1. The third-order valence-electron chi connectivity index (χ3n) is 9.36. The highest BCUT2D eigenvalue weighted by atomic mass is 16.5. The Morgan fingerprint density at radius 2 is 1.80 bits per heavy atom. The summed E-state index contributed by atoms with van der Waals surface area (Å²) < 4.78 is 5.53. The number of primary amides is 1. The number of ketones is 2. The summed E-state index contributed by atoms with van der Waals surface area (Å²) in [6.45, 7) is 3.13. The van der Waals surface area contributed by atoms with Crippen LogP contribution < -0.4 is 10.5 Å². The first kappa shape index (κ1) is 30.6. The van der Waals surface area contributed by atoms with Gasteiger partial charge in [-0.15, -0.1) is 9.81 Å². The van der Waals surface area contributed by atoms with Gasteiger partial charge in [0.25, 0.3) is 5.91 Å². The average molecular weight is 603 g/mol. The molecule has 0 spiro atoms. The Labute approximate surface area is 251 Å². The molecule has 5 rings (SSSR count). The van der Waals surface area contributed by atoms with Gasteiger partial charge in [0, 0.05) is 27.5 Å². The van der Waals surface area contributed by atoms with Gasteiger partial charge >= 0.3 is 0 Å². The largest absolute Gasteiger partial charge is 0.508 e. The van der Waals surface area contributed by atoms with Crippen LogP contribution in [0.2, 0.25) is 0 Å². The lowest BCUT2D eigenvalue weighted by Crippen LogP contribution is -2.70. The van der Waals surface area contributed by atoms with Crippen LogP contribution in [-0.4, -0.2) is 71.7 Å². The molecule has 0 aliphatic heterocycles. The Kier molecular flexibility index (Phi) is 7.02. The van der Waals surface area contributed by atoms with Gasteiger partial charge in [0.05, 0.1) is 18.7 Å². The molecule has 2 aromatic rings. The zero-order chi connectivity index (χ0) is 32.5. The van der Waals surface area contributed by atoms with E-state index in [2.05, 4.69) is 10.4 Å². The van der Waals surface area contributed by atoms with E-state index >= 15 is 0 Å². The van der Waals surface area contributed by atoms with Gasteiger partial charge in [-0.25, -0.2) is 0 Å². The zero-order valence-corrected chi connectivity index (χ0v) is 24.6. The van der Waals surface area contributed by atoms with Crippen LogP contribution in [0.3, 0.4) is 0 Å². The summed E-state index contributed by atoms with van der Waals surface area (Å²) in [7, 11) is 4.53. The molecule has 4 N–H and O–H groups in total. The fourth-order valence-corrected chi connectivity index (χ4v) is 7.77. The average Bonchev–Trinajstić information content (AvgIpc) is 2.97. The van der Waals surface area contributed by atoms with E-state index in [4.69, 9.17) is 10.5 Å². The van der Waals surface area contributed by atoms with Gasteiger partial charge in [0.1, 0.15) is 34.8 Å². The van der Waals surface area contributed by atoms with E-state index < -0.39 is 57.0 Å². The van der Waals surface area contributed by atoms with Crippen LogP contribution in [0.1, 0.15) is 46.5 Å². The number of rotatable bonds is 7. The van der Waals surface area contributed by atoms with E-state index in [1.807, 2.05) is 0 Å². The van der Waals surface area contributed by atoms with Gasteiger partial charge < -0.3 is 25.6 Å². The molecule has 2 aromatic carbocycles. The third kappa shape index (κ3) is 3.78. The molecular formula is C31H30N4O9. The van der Waals surface area contributed by atoms with E-state index in [-0.39, 0.29) is 29.7 Å². The number of hydrogen-bond donors (Lipinski definition) is 3. The minimum absolute atomic E-state index is 0.00309. The molecule has 0 radical (unpaired) electrons. The van der Waals surface area contributed by atoms with Crippen LogP contribution in [0.25, 0.3) is 11.1 Å². The summed E-state index contributed by atoms with van der Waals surface area (Å²) in [5.41, 5.74) is -0.905. The van der Waals surface area contributed by atoms with Crippen molar-refractivity contribution >= 4 is 29.4 Å². The molecule has 0 bridgehead atoms. The second kappa shape index (κ2) is 10.1. The van der Waals surface area contributed by atoms with Crippen molar-refractivity contribution in [2.75, 3.05) is 21.2 Å². The quantitative estimate of drug-likeness (QED) is 0.239. The molecule has 44 heavy (non-hydrogen) atoms. The number of aliphatic hydroxyl groups excluding tert-OH is 1. The van der Waals surface area contributed by atoms with Crippen molar-refractivity contribution in [1.82, 2.24) is 4.90 Å². The van der Waals surface area contributed by atoms with Crippen molar-refractivity contribution < 1.29 is 34.1 Å². The normalized spacial score (nSPS) is 27.8. The van der Waals surface area contributed by atoms with Gasteiger partial charge in [-0.3, -0.25) is 19.2 Å². The van der Waals surface area contributed by atoms with E-state index in [0.717, 1.165) is 0 Å². The first-order chi connectivity index (χ1) is 20.7. The maximum Gasteiger partial charge on any atom is 0.254 e. The number of benzene rings is 2. The number of carbonyl (C=O) groups is 4. The predicted molar refractivity (Wildman–Crippen MR) is 157 cm³/mol. The predicted octanol–water partition coefficient (Wildman–Crippen LogP) is 3.29. The number of amides is 1. The van der Waals surface area contributed by atoms with E-state index in [0.29, 0.717) is 34.3 Å². The number of aldehydes is 1. The molecule has 0 unspecified atom stereocenters. The zero-order valence-electron chi connectivity index (χ0n) is 24.6. The second-order valence-corrected chi connectivity index (χ2v) is 12.2. The van der Waals surface area contributed by atoms with E-state index in [1.54, 1.807) is 45.3 Å². The van der Waals surface area contributed by atoms with Crippen LogP contribution in [-0.2, 0) is 16.0 Å². The van der Waals surface area contributed by atoms with Gasteiger partial charge in [-0.2, -0.15) is 0 Å². The highest BCUT2D eigenvalue weighted by Gasteiger charge is 2.71. The molecule has 0 saturated heterocycles. The maximum atomic E-state index is 14.4. The summed E-state index contributed by atoms with van der Waals surface area (Å²) in [6.07, 6.45) is 0.486. The molecule has 13 heteroatoms. The van der Waals surface area contributed by atoms with Gasteiger partial charge in [-0.1, -0.05) is 19.9 Å². The van der Waals surface area contributed by atoms with Crippen LogP contribution in [0.15, 0.2) is 63.3 Å². The first-order valence-corrected chi connectivity index (χ1v) is 13.6. The molecule has 3 aliphatic carbocycles. The SMILES string of the molecule is COc1ccc(C=O)cc1-c1ccc(N=O)c2c1C[C@@]1(C)C[C@@]3(C)[C@H](N(C)C)C(N=O)=C(C(N)=O)C(=O)[C@@]3(O)C(O)=C1C2=O. The van der Waals surface area contributed by atoms with Crippen molar-refractivity contribution in [3.05, 3.63) is 79.4 Å². The number of aliphatic hydroxyl groups is 2. The summed E-state index contributed by atoms with van der Waals surface area (Å²) in [4.78, 5) is 77.9. The molecule has 13 nitrogen and oxygen atoms in total. The van der Waals surface area contributed by atoms with Crippen LogP contribution in [0.5, 0.6) is 5.75 Å². The van der Waals surface area contributed by atoms with E-state index in [9.17, 15) is 39.2 Å². The molecular weight excluding hydrogens is 572 g/mol. The molecule has 0 aromatic heterocycles. The minimum Gasteiger partial charge on any atom is -0.508 e. The fraction of sp³-hybridized carbons (Fsp3) is 0.355.